The fourth-order valence-electron chi connectivity index (χ4n) is 1.88. The van der Waals surface area contributed by atoms with Gasteiger partial charge in [0.2, 0.25) is 5.91 Å². The number of rotatable bonds is 4. The van der Waals surface area contributed by atoms with Crippen molar-refractivity contribution in [1.82, 2.24) is 15.0 Å². The van der Waals surface area contributed by atoms with Gasteiger partial charge in [-0.1, -0.05) is 12.1 Å². The van der Waals surface area contributed by atoms with Crippen LogP contribution in [-0.2, 0) is 16.1 Å². The van der Waals surface area contributed by atoms with Crippen molar-refractivity contribution in [2.75, 3.05) is 19.7 Å². The Balaban J connectivity index is 1.70. The van der Waals surface area contributed by atoms with Gasteiger partial charge in [-0.25, -0.2) is 0 Å². The molecule has 1 fully saturated rings. The van der Waals surface area contributed by atoms with E-state index in [2.05, 4.69) is 17.1 Å². The van der Waals surface area contributed by atoms with Gasteiger partial charge >= 0.3 is 0 Å². The van der Waals surface area contributed by atoms with E-state index in [1.165, 1.54) is 0 Å². The second-order valence-electron chi connectivity index (χ2n) is 4.46. The first-order valence-corrected chi connectivity index (χ1v) is 5.80. The molecule has 1 aromatic heterocycles. The van der Waals surface area contributed by atoms with Gasteiger partial charge in [-0.05, 0) is 19.3 Å². The molecule has 0 spiro atoms. The van der Waals surface area contributed by atoms with Crippen LogP contribution in [0.1, 0.15) is 25.1 Å². The van der Waals surface area contributed by atoms with E-state index in [1.807, 2.05) is 4.90 Å². The standard InChI is InChI=1S/C11H17N3O3/c1-8-3-4-14(5-8)11(15)7-16-6-10-12-9(2)13-17-10/h8H,3-7H2,1-2H3. The zero-order valence-corrected chi connectivity index (χ0v) is 10.2. The van der Waals surface area contributed by atoms with Crippen LogP contribution >= 0.6 is 0 Å². The summed E-state index contributed by atoms with van der Waals surface area (Å²) < 4.78 is 10.1. The highest BCUT2D eigenvalue weighted by Gasteiger charge is 2.23. The Bertz CT molecular complexity index is 391. The minimum absolute atomic E-state index is 0.0330. The van der Waals surface area contributed by atoms with Crippen LogP contribution in [0.3, 0.4) is 0 Å². The average Bonchev–Trinajstić information content (AvgIpc) is 2.88. The quantitative estimate of drug-likeness (QED) is 0.776. The number of likely N-dealkylation sites (tertiary alicyclic amines) is 1. The second-order valence-corrected chi connectivity index (χ2v) is 4.46. The Morgan fingerprint density at radius 2 is 2.47 bits per heavy atom. The van der Waals surface area contributed by atoms with Crippen LogP contribution in [0.4, 0.5) is 0 Å². The maximum absolute atomic E-state index is 11.7. The smallest absolute Gasteiger partial charge is 0.252 e. The Morgan fingerprint density at radius 1 is 1.65 bits per heavy atom. The largest absolute Gasteiger partial charge is 0.362 e. The van der Waals surface area contributed by atoms with Crippen LogP contribution < -0.4 is 0 Å². The summed E-state index contributed by atoms with van der Waals surface area (Å²) in [6.45, 7) is 5.83. The van der Waals surface area contributed by atoms with Gasteiger partial charge < -0.3 is 14.2 Å². The summed E-state index contributed by atoms with van der Waals surface area (Å²) in [5, 5.41) is 3.64. The fraction of sp³-hybridized carbons (Fsp3) is 0.727. The summed E-state index contributed by atoms with van der Waals surface area (Å²) in [4.78, 5) is 17.5. The molecule has 1 aliphatic heterocycles. The molecular formula is C11H17N3O3. The molecule has 0 N–H and O–H groups in total. The van der Waals surface area contributed by atoms with Gasteiger partial charge in [-0.3, -0.25) is 4.79 Å². The minimum Gasteiger partial charge on any atom is -0.362 e. The van der Waals surface area contributed by atoms with Crippen LogP contribution in [-0.4, -0.2) is 40.6 Å². The van der Waals surface area contributed by atoms with Crippen molar-refractivity contribution < 1.29 is 14.1 Å². The number of hydrogen-bond acceptors (Lipinski definition) is 5. The summed E-state index contributed by atoms with van der Waals surface area (Å²) >= 11 is 0. The third-order valence-corrected chi connectivity index (χ3v) is 2.80. The number of aryl methyl sites for hydroxylation is 1. The van der Waals surface area contributed by atoms with Crippen molar-refractivity contribution in [3.8, 4) is 0 Å². The van der Waals surface area contributed by atoms with Crippen LogP contribution in [0.5, 0.6) is 0 Å². The SMILES string of the molecule is Cc1noc(COCC(=O)N2CCC(C)C2)n1. The second kappa shape index (κ2) is 5.27. The summed E-state index contributed by atoms with van der Waals surface area (Å²) in [5.74, 6) is 1.61. The highest BCUT2D eigenvalue weighted by Crippen LogP contribution is 2.14. The molecule has 1 atom stereocenters. The minimum atomic E-state index is 0.0330. The monoisotopic (exact) mass is 239 g/mol. The summed E-state index contributed by atoms with van der Waals surface area (Å²) in [6.07, 6.45) is 1.08. The van der Waals surface area contributed by atoms with E-state index in [4.69, 9.17) is 9.26 Å². The van der Waals surface area contributed by atoms with Crippen LogP contribution in [0, 0.1) is 12.8 Å². The van der Waals surface area contributed by atoms with E-state index < -0.39 is 0 Å². The first-order chi connectivity index (χ1) is 8.15. The third-order valence-electron chi connectivity index (χ3n) is 2.80. The molecule has 0 bridgehead atoms. The van der Waals surface area contributed by atoms with Crippen molar-refractivity contribution in [2.45, 2.75) is 26.9 Å². The average molecular weight is 239 g/mol. The molecule has 0 saturated carbocycles. The van der Waals surface area contributed by atoms with Crippen LogP contribution in [0.2, 0.25) is 0 Å². The lowest BCUT2D eigenvalue weighted by atomic mass is 10.2. The van der Waals surface area contributed by atoms with Gasteiger partial charge in [0.15, 0.2) is 5.82 Å². The van der Waals surface area contributed by atoms with Gasteiger partial charge in [0.1, 0.15) is 13.2 Å². The van der Waals surface area contributed by atoms with E-state index in [0.717, 1.165) is 19.5 Å². The van der Waals surface area contributed by atoms with Crippen molar-refractivity contribution in [1.29, 1.82) is 0 Å². The molecule has 1 saturated heterocycles. The molecule has 0 aliphatic carbocycles. The molecule has 2 rings (SSSR count). The maximum Gasteiger partial charge on any atom is 0.252 e. The van der Waals surface area contributed by atoms with Gasteiger partial charge in [0.25, 0.3) is 5.89 Å². The molecule has 1 amide bonds. The fourth-order valence-corrected chi connectivity index (χ4v) is 1.88. The summed E-state index contributed by atoms with van der Waals surface area (Å²) in [7, 11) is 0. The number of aromatic nitrogens is 2. The molecule has 17 heavy (non-hydrogen) atoms. The van der Waals surface area contributed by atoms with Crippen molar-refractivity contribution in [3.05, 3.63) is 11.7 Å². The molecular weight excluding hydrogens is 222 g/mol. The lowest BCUT2D eigenvalue weighted by molar-refractivity contribution is -0.135. The Labute approximate surface area is 99.9 Å². The Hall–Kier alpha value is -1.43. The summed E-state index contributed by atoms with van der Waals surface area (Å²) in [6, 6.07) is 0. The zero-order valence-electron chi connectivity index (χ0n) is 10.2. The van der Waals surface area contributed by atoms with Gasteiger partial charge in [-0.2, -0.15) is 4.98 Å². The topological polar surface area (TPSA) is 68.5 Å². The molecule has 1 aromatic rings. The number of amides is 1. The van der Waals surface area contributed by atoms with Crippen LogP contribution in [0.15, 0.2) is 4.52 Å². The molecule has 6 nitrogen and oxygen atoms in total. The molecule has 1 unspecified atom stereocenters. The number of hydrogen-bond donors (Lipinski definition) is 0. The number of ether oxygens (including phenoxy) is 1. The van der Waals surface area contributed by atoms with Crippen molar-refractivity contribution >= 4 is 5.91 Å². The molecule has 1 aliphatic rings. The van der Waals surface area contributed by atoms with E-state index in [9.17, 15) is 4.79 Å². The highest BCUT2D eigenvalue weighted by molar-refractivity contribution is 5.77. The van der Waals surface area contributed by atoms with E-state index in [0.29, 0.717) is 17.6 Å². The predicted octanol–water partition coefficient (Wildman–Crippen LogP) is 0.763. The number of carbonyl (C=O) groups is 1. The van der Waals surface area contributed by atoms with E-state index in [1.54, 1.807) is 6.92 Å². The maximum atomic E-state index is 11.7. The molecule has 0 aromatic carbocycles. The number of nitrogens with zero attached hydrogens (tertiary/aromatic N) is 3. The van der Waals surface area contributed by atoms with Crippen LogP contribution in [0.25, 0.3) is 0 Å². The van der Waals surface area contributed by atoms with E-state index in [-0.39, 0.29) is 19.1 Å². The first-order valence-electron chi connectivity index (χ1n) is 5.80. The summed E-state index contributed by atoms with van der Waals surface area (Å²) in [5.41, 5.74) is 0. The van der Waals surface area contributed by atoms with Gasteiger partial charge in [0, 0.05) is 13.1 Å². The molecule has 2 heterocycles. The lowest BCUT2D eigenvalue weighted by Gasteiger charge is -2.15. The normalized spacial score (nSPS) is 19.9. The zero-order chi connectivity index (χ0) is 12.3. The number of carbonyl (C=O) groups excluding carboxylic acids is 1. The third kappa shape index (κ3) is 3.26. The first kappa shape index (κ1) is 12.0. The molecule has 94 valence electrons. The highest BCUT2D eigenvalue weighted by atomic mass is 16.5. The molecule has 0 radical (unpaired) electrons. The Kier molecular flexibility index (Phi) is 3.73. The van der Waals surface area contributed by atoms with Gasteiger partial charge in [0.05, 0.1) is 0 Å². The van der Waals surface area contributed by atoms with Gasteiger partial charge in [-0.15, -0.1) is 0 Å². The van der Waals surface area contributed by atoms with Crippen molar-refractivity contribution in [3.63, 3.8) is 0 Å². The lowest BCUT2D eigenvalue weighted by Crippen LogP contribution is -2.31. The van der Waals surface area contributed by atoms with Crippen molar-refractivity contribution in [2.24, 2.45) is 5.92 Å². The van der Waals surface area contributed by atoms with E-state index >= 15 is 0 Å². The predicted molar refractivity (Wildman–Crippen MR) is 59.1 cm³/mol. The molecule has 6 heteroatoms. The Morgan fingerprint density at radius 3 is 3.06 bits per heavy atom.